The van der Waals surface area contributed by atoms with Crippen molar-refractivity contribution in [2.45, 2.75) is 13.3 Å². The van der Waals surface area contributed by atoms with Crippen LogP contribution in [0, 0.1) is 5.82 Å². The molecule has 116 valence electrons. The number of amides is 1. The van der Waals surface area contributed by atoms with Crippen molar-refractivity contribution in [2.24, 2.45) is 0 Å². The largest absolute Gasteiger partial charge is 0.456 e. The Morgan fingerprint density at radius 1 is 1.13 bits per heavy atom. The molecule has 0 fully saturated rings. The lowest BCUT2D eigenvalue weighted by Gasteiger charge is -2.06. The van der Waals surface area contributed by atoms with Crippen molar-refractivity contribution >= 4 is 22.6 Å². The number of anilines is 1. The van der Waals surface area contributed by atoms with E-state index in [0.717, 1.165) is 0 Å². The van der Waals surface area contributed by atoms with Crippen LogP contribution in [0.4, 0.5) is 10.1 Å². The van der Waals surface area contributed by atoms with E-state index < -0.39 is 0 Å². The monoisotopic (exact) mass is 311 g/mol. The summed E-state index contributed by atoms with van der Waals surface area (Å²) in [6.45, 7) is 1.75. The lowest BCUT2D eigenvalue weighted by Crippen LogP contribution is -2.10. The number of halogens is 1. The number of fused-ring (bicyclic) bond motifs is 1. The minimum absolute atomic E-state index is 0.128. The fourth-order valence-corrected chi connectivity index (χ4v) is 2.24. The van der Waals surface area contributed by atoms with Crippen molar-refractivity contribution in [3.05, 3.63) is 64.6 Å². The van der Waals surface area contributed by atoms with Gasteiger partial charge in [0.2, 0.25) is 5.91 Å². The molecule has 1 N–H and O–H groups in total. The first kappa shape index (κ1) is 15.0. The Hall–Kier alpha value is -2.95. The number of carbonyl (C=O) groups excluding carboxylic acids is 1. The second-order valence-electron chi connectivity index (χ2n) is 5.09. The molecular weight excluding hydrogens is 297 g/mol. The Bertz CT molecular complexity index is 929. The average Bonchev–Trinajstić information content (AvgIpc) is 2.55. The van der Waals surface area contributed by atoms with Crippen LogP contribution < -0.4 is 10.7 Å². The molecule has 0 saturated heterocycles. The molecule has 1 aromatic heterocycles. The molecule has 2 aromatic carbocycles. The van der Waals surface area contributed by atoms with Gasteiger partial charge in [0.15, 0.2) is 5.43 Å². The van der Waals surface area contributed by atoms with E-state index in [4.69, 9.17) is 4.42 Å². The summed E-state index contributed by atoms with van der Waals surface area (Å²) in [6.07, 6.45) is 0.357. The molecule has 0 aliphatic rings. The number of rotatable bonds is 3. The number of carbonyl (C=O) groups is 1. The third-order valence-electron chi connectivity index (χ3n) is 3.46. The van der Waals surface area contributed by atoms with E-state index in [9.17, 15) is 14.0 Å². The molecule has 0 radical (unpaired) electrons. The van der Waals surface area contributed by atoms with Crippen LogP contribution in [0.1, 0.15) is 13.3 Å². The molecule has 0 aliphatic heterocycles. The predicted molar refractivity (Wildman–Crippen MR) is 86.8 cm³/mol. The molecule has 23 heavy (non-hydrogen) atoms. The van der Waals surface area contributed by atoms with Crippen molar-refractivity contribution in [1.29, 1.82) is 0 Å². The zero-order valence-electron chi connectivity index (χ0n) is 12.4. The van der Waals surface area contributed by atoms with E-state index in [0.29, 0.717) is 34.4 Å². The number of benzene rings is 2. The zero-order valence-corrected chi connectivity index (χ0v) is 12.4. The molecule has 1 amide bonds. The first-order chi connectivity index (χ1) is 11.1. The third kappa shape index (κ3) is 3.13. The van der Waals surface area contributed by atoms with Crippen molar-refractivity contribution in [3.63, 3.8) is 0 Å². The van der Waals surface area contributed by atoms with Gasteiger partial charge in [-0.1, -0.05) is 6.92 Å². The highest BCUT2D eigenvalue weighted by molar-refractivity contribution is 5.93. The SMILES string of the molecule is CCC(=O)Nc1ccc2oc(-c3ccc(F)cc3)cc(=O)c2c1. The molecule has 0 bridgehead atoms. The van der Waals surface area contributed by atoms with Crippen LogP contribution in [-0.4, -0.2) is 5.91 Å². The van der Waals surface area contributed by atoms with E-state index in [1.165, 1.54) is 18.2 Å². The second kappa shape index (κ2) is 6.04. The summed E-state index contributed by atoms with van der Waals surface area (Å²) in [5, 5.41) is 3.08. The first-order valence-corrected chi connectivity index (χ1v) is 7.20. The van der Waals surface area contributed by atoms with Gasteiger partial charge >= 0.3 is 0 Å². The summed E-state index contributed by atoms with van der Waals surface area (Å²) in [7, 11) is 0. The molecule has 0 unspecified atom stereocenters. The molecule has 0 spiro atoms. The molecule has 3 aromatic rings. The van der Waals surface area contributed by atoms with Crippen LogP contribution in [0.2, 0.25) is 0 Å². The zero-order chi connectivity index (χ0) is 16.4. The lowest BCUT2D eigenvalue weighted by atomic mass is 10.1. The minimum Gasteiger partial charge on any atom is -0.456 e. The number of hydrogen-bond acceptors (Lipinski definition) is 3. The molecule has 4 nitrogen and oxygen atoms in total. The van der Waals surface area contributed by atoms with Gasteiger partial charge in [0.25, 0.3) is 0 Å². The van der Waals surface area contributed by atoms with Gasteiger partial charge in [-0.25, -0.2) is 4.39 Å². The van der Waals surface area contributed by atoms with Crippen LogP contribution in [0.25, 0.3) is 22.3 Å². The fourth-order valence-electron chi connectivity index (χ4n) is 2.24. The molecule has 3 rings (SSSR count). The summed E-state index contributed by atoms with van der Waals surface area (Å²) in [5.74, 6) is -0.113. The topological polar surface area (TPSA) is 59.3 Å². The molecule has 0 aliphatic carbocycles. The molecule has 0 atom stereocenters. The summed E-state index contributed by atoms with van der Waals surface area (Å²) >= 11 is 0. The Balaban J connectivity index is 2.06. The van der Waals surface area contributed by atoms with Gasteiger partial charge < -0.3 is 9.73 Å². The van der Waals surface area contributed by atoms with Gasteiger partial charge in [0.1, 0.15) is 17.2 Å². The van der Waals surface area contributed by atoms with Crippen molar-refractivity contribution in [1.82, 2.24) is 0 Å². The van der Waals surface area contributed by atoms with Crippen molar-refractivity contribution in [2.75, 3.05) is 5.32 Å². The quantitative estimate of drug-likeness (QED) is 0.797. The Morgan fingerprint density at radius 2 is 1.87 bits per heavy atom. The lowest BCUT2D eigenvalue weighted by molar-refractivity contribution is -0.115. The summed E-state index contributed by atoms with van der Waals surface area (Å²) in [5.41, 5.74) is 1.35. The predicted octanol–water partition coefficient (Wildman–Crippen LogP) is 3.95. The van der Waals surface area contributed by atoms with Crippen molar-refractivity contribution in [3.8, 4) is 11.3 Å². The summed E-state index contributed by atoms with van der Waals surface area (Å²) in [4.78, 5) is 23.7. The van der Waals surface area contributed by atoms with Gasteiger partial charge in [-0.2, -0.15) is 0 Å². The third-order valence-corrected chi connectivity index (χ3v) is 3.46. The van der Waals surface area contributed by atoms with Gasteiger partial charge in [-0.3, -0.25) is 9.59 Å². The highest BCUT2D eigenvalue weighted by Gasteiger charge is 2.09. The maximum absolute atomic E-state index is 13.0. The Kier molecular flexibility index (Phi) is 3.93. The van der Waals surface area contributed by atoms with Gasteiger partial charge in [0, 0.05) is 23.7 Å². The standard InChI is InChI=1S/C18H14FNO3/c1-2-18(22)20-13-7-8-16-14(9-13)15(21)10-17(23-16)11-3-5-12(19)6-4-11/h3-10H,2H2,1H3,(H,20,22). The van der Waals surface area contributed by atoms with Crippen LogP contribution in [0.5, 0.6) is 0 Å². The van der Waals surface area contributed by atoms with Gasteiger partial charge in [0.05, 0.1) is 5.39 Å². The normalized spacial score (nSPS) is 10.7. The van der Waals surface area contributed by atoms with Crippen molar-refractivity contribution < 1.29 is 13.6 Å². The molecule has 5 heteroatoms. The molecule has 1 heterocycles. The second-order valence-corrected chi connectivity index (χ2v) is 5.09. The van der Waals surface area contributed by atoms with E-state index in [-0.39, 0.29) is 17.2 Å². The Labute approximate surface area is 131 Å². The average molecular weight is 311 g/mol. The van der Waals surface area contributed by atoms with E-state index in [1.807, 2.05) is 0 Å². The van der Waals surface area contributed by atoms with E-state index in [2.05, 4.69) is 5.32 Å². The fraction of sp³-hybridized carbons (Fsp3) is 0.111. The number of nitrogens with one attached hydrogen (secondary N) is 1. The van der Waals surface area contributed by atoms with E-state index in [1.54, 1.807) is 37.3 Å². The highest BCUT2D eigenvalue weighted by atomic mass is 19.1. The molecule has 0 saturated carbocycles. The van der Waals surface area contributed by atoms with Crippen LogP contribution >= 0.6 is 0 Å². The van der Waals surface area contributed by atoms with Gasteiger partial charge in [-0.15, -0.1) is 0 Å². The minimum atomic E-state index is -0.354. The highest BCUT2D eigenvalue weighted by Crippen LogP contribution is 2.24. The summed E-state index contributed by atoms with van der Waals surface area (Å²) < 4.78 is 18.7. The maximum Gasteiger partial charge on any atom is 0.224 e. The Morgan fingerprint density at radius 3 is 2.57 bits per heavy atom. The number of hydrogen-bond donors (Lipinski definition) is 1. The first-order valence-electron chi connectivity index (χ1n) is 7.20. The van der Waals surface area contributed by atoms with Crippen LogP contribution in [0.3, 0.4) is 0 Å². The smallest absolute Gasteiger partial charge is 0.224 e. The maximum atomic E-state index is 13.0. The van der Waals surface area contributed by atoms with Gasteiger partial charge in [-0.05, 0) is 42.5 Å². The van der Waals surface area contributed by atoms with Crippen LogP contribution in [0.15, 0.2) is 57.7 Å². The van der Waals surface area contributed by atoms with E-state index >= 15 is 0 Å². The molecular formula is C18H14FNO3. The van der Waals surface area contributed by atoms with Crippen LogP contribution in [-0.2, 0) is 4.79 Å². The summed E-state index contributed by atoms with van der Waals surface area (Å²) in [6, 6.07) is 12.0.